The van der Waals surface area contributed by atoms with Crippen LogP contribution < -0.4 is 5.32 Å². The zero-order valence-corrected chi connectivity index (χ0v) is 11.2. The van der Waals surface area contributed by atoms with Crippen molar-refractivity contribution in [1.82, 2.24) is 10.2 Å². The first-order valence-electron chi connectivity index (χ1n) is 6.22. The lowest BCUT2D eigenvalue weighted by Crippen LogP contribution is -2.44. The van der Waals surface area contributed by atoms with Crippen LogP contribution in [-0.2, 0) is 9.53 Å². The number of carboxylic acid groups (broad SMARTS) is 1. The van der Waals surface area contributed by atoms with E-state index in [0.29, 0.717) is 13.1 Å². The van der Waals surface area contributed by atoms with E-state index in [9.17, 15) is 9.59 Å². The molecule has 0 bridgehead atoms. The molecule has 0 aromatic rings. The van der Waals surface area contributed by atoms with Gasteiger partial charge in [0, 0.05) is 19.1 Å². The van der Waals surface area contributed by atoms with Crippen molar-refractivity contribution < 1.29 is 19.4 Å². The highest BCUT2D eigenvalue weighted by Crippen LogP contribution is 2.20. The van der Waals surface area contributed by atoms with E-state index in [-0.39, 0.29) is 18.7 Å². The van der Waals surface area contributed by atoms with E-state index in [4.69, 9.17) is 9.84 Å². The third-order valence-electron chi connectivity index (χ3n) is 2.66. The van der Waals surface area contributed by atoms with Crippen molar-refractivity contribution >= 4 is 12.1 Å². The highest BCUT2D eigenvalue weighted by molar-refractivity contribution is 5.69. The first-order valence-corrected chi connectivity index (χ1v) is 6.22. The minimum absolute atomic E-state index is 0.0270. The molecule has 0 aliphatic carbocycles. The van der Waals surface area contributed by atoms with E-state index >= 15 is 0 Å². The predicted octanol–water partition coefficient (Wildman–Crippen LogP) is 1.06. The number of carboxylic acids is 1. The number of amides is 1. The molecule has 18 heavy (non-hydrogen) atoms. The number of hydrogen-bond acceptors (Lipinski definition) is 4. The molecule has 0 spiro atoms. The molecular formula is C12H22N2O4. The fraction of sp³-hybridized carbons (Fsp3) is 0.833. The van der Waals surface area contributed by atoms with Crippen molar-refractivity contribution in [3.63, 3.8) is 0 Å². The summed E-state index contributed by atoms with van der Waals surface area (Å²) in [7, 11) is 0. The molecular weight excluding hydrogens is 236 g/mol. The number of nitrogens with zero attached hydrogens (tertiary/aromatic N) is 1. The van der Waals surface area contributed by atoms with Crippen LogP contribution in [0.1, 0.15) is 33.6 Å². The van der Waals surface area contributed by atoms with E-state index in [1.165, 1.54) is 0 Å². The number of carbonyl (C=O) groups excluding carboxylic acids is 1. The van der Waals surface area contributed by atoms with E-state index < -0.39 is 11.6 Å². The highest BCUT2D eigenvalue weighted by Gasteiger charge is 2.31. The maximum Gasteiger partial charge on any atom is 0.410 e. The highest BCUT2D eigenvalue weighted by atomic mass is 16.6. The third-order valence-corrected chi connectivity index (χ3v) is 2.66. The average Bonchev–Trinajstić information content (AvgIpc) is 2.62. The average molecular weight is 258 g/mol. The summed E-state index contributed by atoms with van der Waals surface area (Å²) < 4.78 is 5.32. The summed E-state index contributed by atoms with van der Waals surface area (Å²) in [5.74, 6) is -0.892. The van der Waals surface area contributed by atoms with Crippen molar-refractivity contribution in [2.24, 2.45) is 0 Å². The van der Waals surface area contributed by atoms with Gasteiger partial charge in [-0.05, 0) is 33.6 Å². The number of likely N-dealkylation sites (tertiary alicyclic amines) is 1. The lowest BCUT2D eigenvalue weighted by atomic mass is 10.2. The quantitative estimate of drug-likeness (QED) is 0.788. The first-order chi connectivity index (χ1) is 8.29. The molecule has 0 aromatic heterocycles. The van der Waals surface area contributed by atoms with Gasteiger partial charge in [-0.2, -0.15) is 0 Å². The molecule has 2 N–H and O–H groups in total. The fourth-order valence-electron chi connectivity index (χ4n) is 1.95. The molecule has 1 amide bonds. The summed E-state index contributed by atoms with van der Waals surface area (Å²) in [5, 5.41) is 11.4. The fourth-order valence-corrected chi connectivity index (χ4v) is 1.95. The summed E-state index contributed by atoms with van der Waals surface area (Å²) in [6.07, 6.45) is 1.49. The van der Waals surface area contributed by atoms with Crippen LogP contribution in [0.2, 0.25) is 0 Å². The van der Waals surface area contributed by atoms with Gasteiger partial charge in [-0.1, -0.05) is 0 Å². The Labute approximate surface area is 107 Å². The Morgan fingerprint density at radius 1 is 1.44 bits per heavy atom. The maximum atomic E-state index is 11.9. The van der Waals surface area contributed by atoms with Crippen molar-refractivity contribution in [2.45, 2.75) is 45.3 Å². The van der Waals surface area contributed by atoms with Crippen molar-refractivity contribution in [1.29, 1.82) is 0 Å². The largest absolute Gasteiger partial charge is 0.480 e. The number of ether oxygens (including phenoxy) is 1. The second kappa shape index (κ2) is 6.04. The first kappa shape index (κ1) is 14.8. The Balaban J connectivity index is 2.43. The third kappa shape index (κ3) is 4.91. The predicted molar refractivity (Wildman–Crippen MR) is 66.5 cm³/mol. The van der Waals surface area contributed by atoms with Gasteiger partial charge in [0.1, 0.15) is 5.60 Å². The summed E-state index contributed by atoms with van der Waals surface area (Å²) in [5.41, 5.74) is -0.501. The van der Waals surface area contributed by atoms with Gasteiger partial charge in [-0.15, -0.1) is 0 Å². The van der Waals surface area contributed by atoms with E-state index in [0.717, 1.165) is 12.8 Å². The molecule has 1 aliphatic heterocycles. The van der Waals surface area contributed by atoms with Crippen molar-refractivity contribution in [2.75, 3.05) is 19.6 Å². The summed E-state index contributed by atoms with van der Waals surface area (Å²) in [6, 6.07) is 0.0270. The molecule has 1 aliphatic rings. The standard InChI is InChI=1S/C12H22N2O4/c1-12(2,3)18-11(17)14-6-4-5-9(14)7-13-8-10(15)16/h9,13H,4-8H2,1-3H3,(H,15,16). The molecule has 1 rings (SSSR count). The molecule has 104 valence electrons. The number of aliphatic carboxylic acids is 1. The van der Waals surface area contributed by atoms with E-state index in [1.54, 1.807) is 4.90 Å². The van der Waals surface area contributed by atoms with Gasteiger partial charge < -0.3 is 20.1 Å². The molecule has 6 nitrogen and oxygen atoms in total. The second-order valence-electron chi connectivity index (χ2n) is 5.49. The number of rotatable bonds is 4. The minimum Gasteiger partial charge on any atom is -0.480 e. The van der Waals surface area contributed by atoms with Crippen LogP contribution in [0.4, 0.5) is 4.79 Å². The Morgan fingerprint density at radius 2 is 2.11 bits per heavy atom. The van der Waals surface area contributed by atoms with Gasteiger partial charge >= 0.3 is 12.1 Å². The van der Waals surface area contributed by atoms with Crippen LogP contribution >= 0.6 is 0 Å². The minimum atomic E-state index is -0.892. The molecule has 1 fully saturated rings. The van der Waals surface area contributed by atoms with Gasteiger partial charge in [0.05, 0.1) is 6.54 Å². The number of carbonyl (C=O) groups is 2. The summed E-state index contributed by atoms with van der Waals surface area (Å²) in [6.45, 7) is 6.58. The van der Waals surface area contributed by atoms with Gasteiger partial charge in [0.15, 0.2) is 0 Å². The molecule has 0 saturated carbocycles. The van der Waals surface area contributed by atoms with Crippen LogP contribution in [0.5, 0.6) is 0 Å². The number of hydrogen-bond donors (Lipinski definition) is 2. The van der Waals surface area contributed by atoms with Crippen LogP contribution in [0.15, 0.2) is 0 Å². The normalized spacial score (nSPS) is 19.9. The van der Waals surface area contributed by atoms with Crippen LogP contribution in [0.3, 0.4) is 0 Å². The van der Waals surface area contributed by atoms with Crippen molar-refractivity contribution in [3.8, 4) is 0 Å². The number of nitrogens with one attached hydrogen (secondary N) is 1. The second-order valence-corrected chi connectivity index (χ2v) is 5.49. The van der Waals surface area contributed by atoms with Crippen LogP contribution in [0.25, 0.3) is 0 Å². The Hall–Kier alpha value is -1.30. The Bertz CT molecular complexity index is 312. The smallest absolute Gasteiger partial charge is 0.410 e. The molecule has 1 heterocycles. The molecule has 0 aromatic carbocycles. The van der Waals surface area contributed by atoms with Crippen LogP contribution in [-0.4, -0.2) is 53.3 Å². The maximum absolute atomic E-state index is 11.9. The lowest BCUT2D eigenvalue weighted by molar-refractivity contribution is -0.135. The lowest BCUT2D eigenvalue weighted by Gasteiger charge is -2.28. The van der Waals surface area contributed by atoms with Crippen LogP contribution in [0, 0.1) is 0 Å². The monoisotopic (exact) mass is 258 g/mol. The molecule has 1 saturated heterocycles. The Kier molecular flexibility index (Phi) is 4.95. The van der Waals surface area contributed by atoms with E-state index in [1.807, 2.05) is 20.8 Å². The SMILES string of the molecule is CC(C)(C)OC(=O)N1CCCC1CNCC(=O)O. The van der Waals surface area contributed by atoms with Gasteiger partial charge in [-0.25, -0.2) is 4.79 Å². The van der Waals surface area contributed by atoms with Gasteiger partial charge in [0.2, 0.25) is 0 Å². The van der Waals surface area contributed by atoms with Gasteiger partial charge in [0.25, 0.3) is 0 Å². The summed E-state index contributed by atoms with van der Waals surface area (Å²) >= 11 is 0. The molecule has 0 radical (unpaired) electrons. The van der Waals surface area contributed by atoms with Gasteiger partial charge in [-0.3, -0.25) is 4.79 Å². The zero-order chi connectivity index (χ0) is 13.8. The molecule has 1 unspecified atom stereocenters. The molecule has 1 atom stereocenters. The van der Waals surface area contributed by atoms with Crippen molar-refractivity contribution in [3.05, 3.63) is 0 Å². The van der Waals surface area contributed by atoms with E-state index in [2.05, 4.69) is 5.32 Å². The summed E-state index contributed by atoms with van der Waals surface area (Å²) in [4.78, 5) is 24.0. The topological polar surface area (TPSA) is 78.9 Å². The zero-order valence-electron chi connectivity index (χ0n) is 11.2. The molecule has 6 heteroatoms. The Morgan fingerprint density at radius 3 is 2.67 bits per heavy atom.